The van der Waals surface area contributed by atoms with Crippen LogP contribution in [0.3, 0.4) is 0 Å². The normalized spacial score (nSPS) is 13.2. The van der Waals surface area contributed by atoms with Gasteiger partial charge in [0.05, 0.1) is 0 Å². The summed E-state index contributed by atoms with van der Waals surface area (Å²) in [6.45, 7) is 5.37. The minimum absolute atomic E-state index is 0.0561. The molecule has 0 bridgehead atoms. The number of aryl methyl sites for hydroxylation is 4. The molecule has 8 aromatic rings. The Bertz CT molecular complexity index is 3040. The number of benzene rings is 8. The molecule has 428 valence electrons. The molecule has 0 saturated heterocycles. The van der Waals surface area contributed by atoms with Gasteiger partial charge in [0.1, 0.15) is 6.79 Å². The van der Waals surface area contributed by atoms with Crippen molar-refractivity contribution in [3.05, 3.63) is 274 Å². The van der Waals surface area contributed by atoms with Crippen molar-refractivity contribution in [3.8, 4) is 11.1 Å². The quantitative estimate of drug-likeness (QED) is 0.0538. The summed E-state index contributed by atoms with van der Waals surface area (Å²) >= 11 is 0. The number of Topliss-reactive ketones (excluding diaryl/α,β-unsaturated/α-hetero) is 2. The molecule has 8 aromatic carbocycles. The predicted molar refractivity (Wildman–Crippen MR) is 337 cm³/mol. The molecule has 2 aliphatic heterocycles. The molecule has 2 amide bonds. The molecule has 0 spiro atoms. The van der Waals surface area contributed by atoms with Crippen LogP contribution in [0.25, 0.3) is 11.1 Å². The average molecular weight is 1110 g/mol. The highest BCUT2D eigenvalue weighted by Gasteiger charge is 2.31. The molecule has 4 N–H and O–H groups in total. The highest BCUT2D eigenvalue weighted by atomic mass is 16.2. The number of ketones is 2. The minimum Gasteiger partial charge on any atom is -0.331 e. The molecule has 0 aromatic heterocycles. The van der Waals surface area contributed by atoms with Crippen molar-refractivity contribution in [2.45, 2.75) is 128 Å². The van der Waals surface area contributed by atoms with Gasteiger partial charge in [-0.3, -0.25) is 19.2 Å². The van der Waals surface area contributed by atoms with Gasteiger partial charge in [0, 0.05) is 48.9 Å². The van der Waals surface area contributed by atoms with Crippen molar-refractivity contribution in [2.75, 3.05) is 6.54 Å². The SMILES string of the molecule is C=O.CC1Cc2ccccc2CN1C(=O)C(=O)c1ccc(-c2ccc(C(=O)C(=O)N3CCc4ccccc4C3)cc2)cc1.NC(CCCc1ccccc1)CCCc1ccccc1.NC(CCCc1ccccc1)CCCc1ccccc1. The summed E-state index contributed by atoms with van der Waals surface area (Å²) in [7, 11) is 0. The van der Waals surface area contributed by atoms with E-state index in [1.807, 2.05) is 50.1 Å². The number of carbonyl (C=O) groups excluding carboxylic acids is 5. The van der Waals surface area contributed by atoms with Crippen molar-refractivity contribution in [2.24, 2.45) is 11.5 Å². The van der Waals surface area contributed by atoms with Crippen LogP contribution in [-0.2, 0) is 66.0 Å². The molecule has 2 aliphatic rings. The van der Waals surface area contributed by atoms with Crippen LogP contribution in [-0.4, -0.2) is 64.6 Å². The Kier molecular flexibility index (Phi) is 25.1. The van der Waals surface area contributed by atoms with Crippen LogP contribution in [0.2, 0.25) is 0 Å². The molecular formula is C74H82N4O5. The second-order valence-corrected chi connectivity index (χ2v) is 21.8. The minimum atomic E-state index is -0.525. The van der Waals surface area contributed by atoms with Crippen molar-refractivity contribution in [1.29, 1.82) is 0 Å². The Morgan fingerprint density at radius 2 is 0.747 bits per heavy atom. The number of nitrogens with zero attached hydrogens (tertiary/aromatic N) is 2. The van der Waals surface area contributed by atoms with E-state index in [0.29, 0.717) is 42.8 Å². The predicted octanol–water partition coefficient (Wildman–Crippen LogP) is 13.8. The van der Waals surface area contributed by atoms with E-state index in [-0.39, 0.29) is 6.04 Å². The van der Waals surface area contributed by atoms with Gasteiger partial charge in [-0.15, -0.1) is 0 Å². The topological polar surface area (TPSA) is 144 Å². The van der Waals surface area contributed by atoms with Crippen LogP contribution >= 0.6 is 0 Å². The molecule has 10 rings (SSSR count). The summed E-state index contributed by atoms with van der Waals surface area (Å²) in [5.74, 6) is -2.04. The molecule has 1 atom stereocenters. The van der Waals surface area contributed by atoms with Gasteiger partial charge >= 0.3 is 0 Å². The third-order valence-electron chi connectivity index (χ3n) is 15.7. The molecule has 2 heterocycles. The number of amides is 2. The first kappa shape index (κ1) is 62.2. The van der Waals surface area contributed by atoms with Gasteiger partial charge in [0.2, 0.25) is 11.6 Å². The van der Waals surface area contributed by atoms with Gasteiger partial charge in [0.25, 0.3) is 11.8 Å². The second kappa shape index (κ2) is 33.5. The zero-order valence-electron chi connectivity index (χ0n) is 48.3. The standard InChI is InChI=1S/C35H30N2O4.2C19H25N.CH2O/c1-23-20-29-7-3-5-9-31(29)22-37(23)35(41)33(39)28-16-12-26(13-17-28)25-10-14-27(15-11-25)32(38)34(40)36-19-18-24-6-2-4-8-30(24)21-36;2*20-19(15-7-13-17-9-3-1-4-10-17)16-8-14-18-11-5-2-6-12-18;1-2/h2-17,23H,18-22H2,1H3;2*1-6,9-12,19H,7-8,13-16,20H2;1H2. The smallest absolute Gasteiger partial charge is 0.295 e. The number of rotatable bonds is 21. The van der Waals surface area contributed by atoms with E-state index < -0.39 is 23.4 Å². The van der Waals surface area contributed by atoms with Crippen molar-refractivity contribution in [1.82, 2.24) is 9.80 Å². The molecule has 0 saturated carbocycles. The van der Waals surface area contributed by atoms with Crippen LogP contribution < -0.4 is 11.5 Å². The van der Waals surface area contributed by atoms with Crippen LogP contribution in [0.1, 0.15) is 124 Å². The summed E-state index contributed by atoms with van der Waals surface area (Å²) in [6, 6.07) is 73.2. The van der Waals surface area contributed by atoms with Gasteiger partial charge in [-0.25, -0.2) is 0 Å². The Labute approximate surface area is 492 Å². The maximum Gasteiger partial charge on any atom is 0.295 e. The third kappa shape index (κ3) is 19.7. The average Bonchev–Trinajstić information content (AvgIpc) is 3.70. The monoisotopic (exact) mass is 1110 g/mol. The molecular weight excluding hydrogens is 1020 g/mol. The summed E-state index contributed by atoms with van der Waals surface area (Å²) in [5, 5.41) is 0. The van der Waals surface area contributed by atoms with E-state index in [0.717, 1.165) is 86.5 Å². The van der Waals surface area contributed by atoms with Gasteiger partial charge in [-0.2, -0.15) is 0 Å². The fraction of sp³-hybridized carbons (Fsp3) is 0.284. The number of carbonyl (C=O) groups is 5. The number of hydrogen-bond donors (Lipinski definition) is 2. The molecule has 0 aliphatic carbocycles. The number of nitrogens with two attached hydrogens (primary N) is 2. The fourth-order valence-electron chi connectivity index (χ4n) is 10.9. The van der Waals surface area contributed by atoms with Crippen LogP contribution in [0.4, 0.5) is 0 Å². The third-order valence-corrected chi connectivity index (χ3v) is 15.7. The van der Waals surface area contributed by atoms with E-state index in [4.69, 9.17) is 16.3 Å². The van der Waals surface area contributed by atoms with Gasteiger partial charge < -0.3 is 26.1 Å². The summed E-state index contributed by atoms with van der Waals surface area (Å²) in [5.41, 5.74) is 25.0. The Morgan fingerprint density at radius 3 is 1.13 bits per heavy atom. The molecule has 0 fully saturated rings. The highest BCUT2D eigenvalue weighted by Crippen LogP contribution is 2.26. The van der Waals surface area contributed by atoms with E-state index >= 15 is 0 Å². The Morgan fingerprint density at radius 1 is 0.422 bits per heavy atom. The lowest BCUT2D eigenvalue weighted by Gasteiger charge is -2.34. The summed E-state index contributed by atoms with van der Waals surface area (Å²) in [4.78, 5) is 63.3. The second-order valence-electron chi connectivity index (χ2n) is 21.8. The van der Waals surface area contributed by atoms with Crippen molar-refractivity contribution in [3.63, 3.8) is 0 Å². The molecule has 9 nitrogen and oxygen atoms in total. The maximum absolute atomic E-state index is 13.1. The first-order chi connectivity index (χ1) is 40.6. The number of hydrogen-bond acceptors (Lipinski definition) is 7. The van der Waals surface area contributed by atoms with Gasteiger partial charge in [0.15, 0.2) is 0 Å². The zero-order valence-corrected chi connectivity index (χ0v) is 48.3. The molecule has 0 radical (unpaired) electrons. The maximum atomic E-state index is 13.1. The number of fused-ring (bicyclic) bond motifs is 2. The van der Waals surface area contributed by atoms with Crippen molar-refractivity contribution >= 4 is 30.2 Å². The van der Waals surface area contributed by atoms with E-state index in [9.17, 15) is 19.2 Å². The van der Waals surface area contributed by atoms with E-state index in [1.165, 1.54) is 59.1 Å². The molecule has 9 heteroatoms. The van der Waals surface area contributed by atoms with Crippen molar-refractivity contribution < 1.29 is 24.0 Å². The van der Waals surface area contributed by atoms with Gasteiger partial charge in [-0.1, -0.05) is 218 Å². The lowest BCUT2D eigenvalue weighted by atomic mass is 9.94. The van der Waals surface area contributed by atoms with Crippen LogP contribution in [0, 0.1) is 0 Å². The Balaban J connectivity index is 0.000000197. The zero-order chi connectivity index (χ0) is 58.6. The first-order valence-electron chi connectivity index (χ1n) is 29.6. The summed E-state index contributed by atoms with van der Waals surface area (Å²) in [6.07, 6.45) is 15.3. The van der Waals surface area contributed by atoms with Gasteiger partial charge in [-0.05, 0) is 152 Å². The molecule has 1 unspecified atom stereocenters. The first-order valence-corrected chi connectivity index (χ1v) is 29.6. The lowest BCUT2D eigenvalue weighted by molar-refractivity contribution is -0.129. The highest BCUT2D eigenvalue weighted by molar-refractivity contribution is 6.43. The largest absolute Gasteiger partial charge is 0.331 e. The fourth-order valence-corrected chi connectivity index (χ4v) is 10.9. The molecule has 83 heavy (non-hydrogen) atoms. The van der Waals surface area contributed by atoms with Crippen LogP contribution in [0.15, 0.2) is 218 Å². The van der Waals surface area contributed by atoms with Crippen LogP contribution in [0.5, 0.6) is 0 Å². The Hall–Kier alpha value is -8.37. The van der Waals surface area contributed by atoms with E-state index in [1.54, 1.807) is 58.3 Å². The lowest BCUT2D eigenvalue weighted by Crippen LogP contribution is -2.45. The van der Waals surface area contributed by atoms with E-state index in [2.05, 4.69) is 133 Å². The summed E-state index contributed by atoms with van der Waals surface area (Å²) < 4.78 is 0.